The van der Waals surface area contributed by atoms with Gasteiger partial charge in [0.15, 0.2) is 0 Å². The van der Waals surface area contributed by atoms with Gasteiger partial charge in [-0.25, -0.2) is 10.4 Å². The van der Waals surface area contributed by atoms with Crippen molar-refractivity contribution in [3.8, 4) is 0 Å². The Morgan fingerprint density at radius 1 is 1.59 bits per heavy atom. The highest BCUT2D eigenvalue weighted by molar-refractivity contribution is 7.09. The Morgan fingerprint density at radius 3 is 3.00 bits per heavy atom. The number of nitrogens with one attached hydrogen (secondary N) is 1. The van der Waals surface area contributed by atoms with Crippen LogP contribution in [0.4, 0.5) is 0 Å². The zero-order valence-electron chi connectivity index (χ0n) is 9.43. The molecule has 0 saturated carbocycles. The molecule has 0 aliphatic rings. The van der Waals surface area contributed by atoms with Gasteiger partial charge < -0.3 is 4.42 Å². The first-order valence-electron chi connectivity index (χ1n) is 4.96. The van der Waals surface area contributed by atoms with Crippen LogP contribution < -0.4 is 5.43 Å². The second kappa shape index (κ2) is 4.92. The van der Waals surface area contributed by atoms with Gasteiger partial charge in [0.05, 0.1) is 28.7 Å². The maximum Gasteiger partial charge on any atom is 0.274 e. The number of hydrazone groups is 1. The molecule has 1 amide bonds. The topological polar surface area (TPSA) is 67.5 Å². The van der Waals surface area contributed by atoms with Crippen LogP contribution in [-0.4, -0.2) is 17.1 Å². The number of amides is 1. The number of hydrogen-bond acceptors (Lipinski definition) is 5. The van der Waals surface area contributed by atoms with E-state index in [-0.39, 0.29) is 5.91 Å². The number of nitrogens with zero attached hydrogens (tertiary/aromatic N) is 2. The largest absolute Gasteiger partial charge is 0.469 e. The molecule has 0 aromatic carbocycles. The van der Waals surface area contributed by atoms with Gasteiger partial charge in [-0.15, -0.1) is 11.3 Å². The lowest BCUT2D eigenvalue weighted by molar-refractivity contribution is 0.0953. The smallest absolute Gasteiger partial charge is 0.274 e. The van der Waals surface area contributed by atoms with Gasteiger partial charge in [-0.1, -0.05) is 0 Å². The summed E-state index contributed by atoms with van der Waals surface area (Å²) in [5.41, 5.74) is 3.63. The van der Waals surface area contributed by atoms with Gasteiger partial charge in [-0.2, -0.15) is 5.10 Å². The fourth-order valence-electron chi connectivity index (χ4n) is 1.28. The van der Waals surface area contributed by atoms with Crippen molar-refractivity contribution in [1.29, 1.82) is 0 Å². The van der Waals surface area contributed by atoms with Crippen LogP contribution in [0.2, 0.25) is 0 Å². The Hall–Kier alpha value is -1.95. The Kier molecular flexibility index (Phi) is 3.34. The molecule has 0 atom stereocenters. The summed E-state index contributed by atoms with van der Waals surface area (Å²) in [6.45, 7) is 3.64. The maximum atomic E-state index is 11.6. The third-order valence-electron chi connectivity index (χ3n) is 2.10. The lowest BCUT2D eigenvalue weighted by Crippen LogP contribution is -2.17. The fourth-order valence-corrected chi connectivity index (χ4v) is 1.84. The number of hydrogen-bond donors (Lipinski definition) is 1. The van der Waals surface area contributed by atoms with Crippen molar-refractivity contribution in [3.63, 3.8) is 0 Å². The van der Waals surface area contributed by atoms with Crippen LogP contribution in [0.5, 0.6) is 0 Å². The summed E-state index contributed by atoms with van der Waals surface area (Å²) in [6.07, 6.45) is 2.98. The van der Waals surface area contributed by atoms with Crippen LogP contribution in [0, 0.1) is 13.8 Å². The Balaban J connectivity index is 1.97. The highest BCUT2D eigenvalue weighted by atomic mass is 32.1. The van der Waals surface area contributed by atoms with E-state index in [4.69, 9.17) is 4.42 Å². The van der Waals surface area contributed by atoms with Gasteiger partial charge in [0.2, 0.25) is 0 Å². The van der Waals surface area contributed by atoms with E-state index >= 15 is 0 Å². The van der Waals surface area contributed by atoms with Crippen LogP contribution in [0.3, 0.4) is 0 Å². The molecular formula is C11H11N3O2S. The lowest BCUT2D eigenvalue weighted by Gasteiger charge is -1.96. The number of carbonyl (C=O) groups excluding carboxylic acids is 1. The molecule has 0 aliphatic carbocycles. The van der Waals surface area contributed by atoms with Crippen molar-refractivity contribution in [3.05, 3.63) is 39.7 Å². The van der Waals surface area contributed by atoms with Crippen molar-refractivity contribution >= 4 is 23.5 Å². The molecule has 0 saturated heterocycles. The first-order valence-corrected chi connectivity index (χ1v) is 5.84. The first-order chi connectivity index (χ1) is 8.16. The molecule has 2 aromatic rings. The number of furan rings is 1. The van der Waals surface area contributed by atoms with Crippen molar-refractivity contribution in [2.24, 2.45) is 5.10 Å². The van der Waals surface area contributed by atoms with Crippen molar-refractivity contribution in [2.45, 2.75) is 13.8 Å². The van der Waals surface area contributed by atoms with Crippen LogP contribution in [0.25, 0.3) is 0 Å². The van der Waals surface area contributed by atoms with Crippen molar-refractivity contribution in [2.75, 3.05) is 0 Å². The molecule has 0 radical (unpaired) electrons. The second-order valence-electron chi connectivity index (χ2n) is 3.38. The second-order valence-corrected chi connectivity index (χ2v) is 4.44. The third kappa shape index (κ3) is 2.79. The van der Waals surface area contributed by atoms with E-state index in [0.717, 1.165) is 10.7 Å². The summed E-state index contributed by atoms with van der Waals surface area (Å²) in [7, 11) is 0. The van der Waals surface area contributed by atoms with E-state index in [2.05, 4.69) is 15.5 Å². The van der Waals surface area contributed by atoms with Gasteiger partial charge in [-0.05, 0) is 19.9 Å². The third-order valence-corrected chi connectivity index (χ3v) is 2.89. The molecule has 1 N–H and O–H groups in total. The monoisotopic (exact) mass is 249 g/mol. The van der Waals surface area contributed by atoms with Crippen molar-refractivity contribution in [1.82, 2.24) is 10.4 Å². The average Bonchev–Trinajstić information content (AvgIpc) is 2.87. The van der Waals surface area contributed by atoms with Gasteiger partial charge in [0.25, 0.3) is 5.91 Å². The van der Waals surface area contributed by atoms with E-state index in [9.17, 15) is 4.79 Å². The van der Waals surface area contributed by atoms with Gasteiger partial charge in [0.1, 0.15) is 5.76 Å². The van der Waals surface area contributed by atoms with Gasteiger partial charge >= 0.3 is 0 Å². The van der Waals surface area contributed by atoms with E-state index < -0.39 is 0 Å². The minimum Gasteiger partial charge on any atom is -0.469 e. The zero-order valence-corrected chi connectivity index (χ0v) is 10.2. The quantitative estimate of drug-likeness (QED) is 0.669. The highest BCUT2D eigenvalue weighted by Crippen LogP contribution is 2.08. The summed E-state index contributed by atoms with van der Waals surface area (Å²) in [4.78, 5) is 15.8. The van der Waals surface area contributed by atoms with Crippen LogP contribution in [0.1, 0.15) is 26.8 Å². The van der Waals surface area contributed by atoms with Crippen LogP contribution in [0.15, 0.2) is 27.2 Å². The van der Waals surface area contributed by atoms with Crippen molar-refractivity contribution < 1.29 is 9.21 Å². The SMILES string of the molecule is Cc1nc(/C=N\NC(=O)c2ccoc2C)cs1. The molecule has 88 valence electrons. The molecule has 2 heterocycles. The normalized spacial score (nSPS) is 10.9. The number of aromatic nitrogens is 1. The van der Waals surface area contributed by atoms with E-state index in [1.807, 2.05) is 12.3 Å². The minimum absolute atomic E-state index is 0.292. The molecule has 5 nitrogen and oxygen atoms in total. The predicted molar refractivity (Wildman–Crippen MR) is 65.4 cm³/mol. The molecule has 0 spiro atoms. The average molecular weight is 249 g/mol. The fraction of sp³-hybridized carbons (Fsp3) is 0.182. The predicted octanol–water partition coefficient (Wildman–Crippen LogP) is 2.12. The van der Waals surface area contributed by atoms with Gasteiger partial charge in [0, 0.05) is 5.38 Å². The maximum absolute atomic E-state index is 11.6. The molecular weight excluding hydrogens is 238 g/mol. The number of carbonyl (C=O) groups is 1. The zero-order chi connectivity index (χ0) is 12.3. The van der Waals surface area contributed by atoms with Gasteiger partial charge in [-0.3, -0.25) is 4.79 Å². The number of aryl methyl sites for hydroxylation is 2. The van der Waals surface area contributed by atoms with E-state index in [0.29, 0.717) is 11.3 Å². The summed E-state index contributed by atoms with van der Waals surface area (Å²) in [5.74, 6) is 0.279. The molecule has 0 fully saturated rings. The minimum atomic E-state index is -0.292. The molecule has 0 aliphatic heterocycles. The van der Waals surface area contributed by atoms with Crippen LogP contribution >= 0.6 is 11.3 Å². The van der Waals surface area contributed by atoms with E-state index in [1.165, 1.54) is 23.8 Å². The highest BCUT2D eigenvalue weighted by Gasteiger charge is 2.09. The summed E-state index contributed by atoms with van der Waals surface area (Å²) in [5, 5.41) is 6.66. The van der Waals surface area contributed by atoms with E-state index in [1.54, 1.807) is 13.0 Å². The number of rotatable bonds is 3. The molecule has 6 heteroatoms. The lowest BCUT2D eigenvalue weighted by atomic mass is 10.2. The Morgan fingerprint density at radius 2 is 2.41 bits per heavy atom. The Labute approximate surface area is 102 Å². The number of thiazole rings is 1. The standard InChI is InChI=1S/C11H11N3O2S/c1-7-10(3-4-16-7)11(15)14-12-5-9-6-17-8(2)13-9/h3-6H,1-2H3,(H,14,15)/b12-5-. The first kappa shape index (κ1) is 11.5. The Bertz CT molecular complexity index is 557. The molecule has 17 heavy (non-hydrogen) atoms. The summed E-state index contributed by atoms with van der Waals surface area (Å²) < 4.78 is 5.03. The summed E-state index contributed by atoms with van der Waals surface area (Å²) in [6, 6.07) is 1.60. The summed E-state index contributed by atoms with van der Waals surface area (Å²) >= 11 is 1.53. The molecule has 0 bridgehead atoms. The molecule has 2 aromatic heterocycles. The molecule has 0 unspecified atom stereocenters. The van der Waals surface area contributed by atoms with Crippen LogP contribution in [-0.2, 0) is 0 Å². The molecule has 2 rings (SSSR count).